The predicted octanol–water partition coefficient (Wildman–Crippen LogP) is 2.82. The van der Waals surface area contributed by atoms with Gasteiger partial charge in [-0.15, -0.1) is 0 Å². The van der Waals surface area contributed by atoms with E-state index in [0.717, 1.165) is 0 Å². The number of nitrogens with zero attached hydrogens (tertiary/aromatic N) is 1. The summed E-state index contributed by atoms with van der Waals surface area (Å²) in [5.74, 6) is 0.855. The molecule has 6 nitrogen and oxygen atoms in total. The summed E-state index contributed by atoms with van der Waals surface area (Å²) in [6.45, 7) is 0.762. The summed E-state index contributed by atoms with van der Waals surface area (Å²) < 4.78 is 10.9. The Bertz CT molecular complexity index is 792. The minimum atomic E-state index is -0.234. The molecule has 1 heterocycles. The minimum absolute atomic E-state index is 0.0117. The lowest BCUT2D eigenvalue weighted by Gasteiger charge is -2.21. The van der Waals surface area contributed by atoms with E-state index in [1.54, 1.807) is 54.4 Å². The Kier molecular flexibility index (Phi) is 5.09. The van der Waals surface area contributed by atoms with Gasteiger partial charge in [0.15, 0.2) is 6.61 Å². The molecule has 1 aliphatic heterocycles. The Balaban J connectivity index is 1.57. The van der Waals surface area contributed by atoms with Crippen LogP contribution >= 0.6 is 11.6 Å². The second-order valence-corrected chi connectivity index (χ2v) is 6.01. The SMILES string of the molecule is CN(CCOc1ccc(Cl)cc1)C(=O)c1ccc2c(c1)NC(=O)CO2. The van der Waals surface area contributed by atoms with Gasteiger partial charge in [0, 0.05) is 17.6 Å². The van der Waals surface area contributed by atoms with E-state index in [1.807, 2.05) is 0 Å². The molecule has 0 atom stereocenters. The molecule has 0 aliphatic carbocycles. The molecule has 0 spiro atoms. The van der Waals surface area contributed by atoms with Crippen LogP contribution in [0.3, 0.4) is 0 Å². The van der Waals surface area contributed by atoms with Crippen molar-refractivity contribution in [3.05, 3.63) is 53.1 Å². The van der Waals surface area contributed by atoms with Gasteiger partial charge in [-0.2, -0.15) is 0 Å². The van der Waals surface area contributed by atoms with Crippen molar-refractivity contribution in [2.75, 3.05) is 32.1 Å². The summed E-state index contributed by atoms with van der Waals surface area (Å²) in [7, 11) is 1.70. The molecular formula is C18H17ClN2O4. The van der Waals surface area contributed by atoms with Crippen LogP contribution in [0.5, 0.6) is 11.5 Å². The molecular weight excluding hydrogens is 344 g/mol. The second kappa shape index (κ2) is 7.44. The average molecular weight is 361 g/mol. The Labute approximate surface area is 150 Å². The summed E-state index contributed by atoms with van der Waals surface area (Å²) in [6.07, 6.45) is 0. The van der Waals surface area contributed by atoms with Crippen molar-refractivity contribution in [1.29, 1.82) is 0 Å². The number of carbonyl (C=O) groups excluding carboxylic acids is 2. The summed E-state index contributed by atoms with van der Waals surface area (Å²) in [5, 5.41) is 3.33. The molecule has 0 unspecified atom stereocenters. The third-order valence-corrected chi connectivity index (χ3v) is 3.97. The van der Waals surface area contributed by atoms with E-state index in [2.05, 4.69) is 5.32 Å². The van der Waals surface area contributed by atoms with Gasteiger partial charge in [0.05, 0.1) is 12.2 Å². The van der Waals surface area contributed by atoms with Crippen molar-refractivity contribution < 1.29 is 19.1 Å². The number of halogens is 1. The number of anilines is 1. The van der Waals surface area contributed by atoms with Crippen LogP contribution in [0.1, 0.15) is 10.4 Å². The number of likely N-dealkylation sites (N-methyl/N-ethyl adjacent to an activating group) is 1. The first kappa shape index (κ1) is 17.1. The summed E-state index contributed by atoms with van der Waals surface area (Å²) in [4.78, 5) is 25.4. The first-order chi connectivity index (χ1) is 12.0. The highest BCUT2D eigenvalue weighted by Crippen LogP contribution is 2.28. The highest BCUT2D eigenvalue weighted by molar-refractivity contribution is 6.30. The molecule has 2 amide bonds. The Morgan fingerprint density at radius 2 is 2.04 bits per heavy atom. The zero-order valence-corrected chi connectivity index (χ0v) is 14.4. The molecule has 25 heavy (non-hydrogen) atoms. The molecule has 130 valence electrons. The van der Waals surface area contributed by atoms with Crippen LogP contribution in [0, 0.1) is 0 Å². The van der Waals surface area contributed by atoms with Crippen molar-refractivity contribution in [2.24, 2.45) is 0 Å². The van der Waals surface area contributed by atoms with E-state index in [4.69, 9.17) is 21.1 Å². The maximum atomic E-state index is 12.5. The van der Waals surface area contributed by atoms with Crippen LogP contribution in [0.4, 0.5) is 5.69 Å². The molecule has 0 bridgehead atoms. The second-order valence-electron chi connectivity index (χ2n) is 5.58. The summed E-state index contributed by atoms with van der Waals surface area (Å²) in [5.41, 5.74) is 0.978. The maximum absolute atomic E-state index is 12.5. The maximum Gasteiger partial charge on any atom is 0.262 e. The van der Waals surface area contributed by atoms with Crippen LogP contribution in [-0.2, 0) is 4.79 Å². The molecule has 0 radical (unpaired) electrons. The van der Waals surface area contributed by atoms with Crippen molar-refractivity contribution in [3.8, 4) is 11.5 Å². The standard InChI is InChI=1S/C18H17ClN2O4/c1-21(8-9-24-14-5-3-13(19)4-6-14)18(23)12-2-7-16-15(10-12)20-17(22)11-25-16/h2-7,10H,8-9,11H2,1H3,(H,20,22). The fraction of sp³-hybridized carbons (Fsp3) is 0.222. The number of nitrogens with one attached hydrogen (secondary N) is 1. The zero-order chi connectivity index (χ0) is 17.8. The van der Waals surface area contributed by atoms with Gasteiger partial charge in [-0.1, -0.05) is 11.6 Å². The molecule has 2 aromatic carbocycles. The van der Waals surface area contributed by atoms with Gasteiger partial charge < -0.3 is 19.7 Å². The molecule has 7 heteroatoms. The number of hydrogen-bond donors (Lipinski definition) is 1. The van der Waals surface area contributed by atoms with E-state index >= 15 is 0 Å². The van der Waals surface area contributed by atoms with Gasteiger partial charge >= 0.3 is 0 Å². The van der Waals surface area contributed by atoms with Gasteiger partial charge in [0.25, 0.3) is 11.8 Å². The third-order valence-electron chi connectivity index (χ3n) is 3.72. The molecule has 2 aromatic rings. The normalized spacial score (nSPS) is 12.6. The van der Waals surface area contributed by atoms with E-state index in [0.29, 0.717) is 40.9 Å². The van der Waals surface area contributed by atoms with Gasteiger partial charge in [-0.05, 0) is 42.5 Å². The van der Waals surface area contributed by atoms with Crippen molar-refractivity contribution in [1.82, 2.24) is 4.90 Å². The quantitative estimate of drug-likeness (QED) is 0.890. The molecule has 1 aliphatic rings. The zero-order valence-electron chi connectivity index (χ0n) is 13.6. The van der Waals surface area contributed by atoms with Crippen LogP contribution < -0.4 is 14.8 Å². The average Bonchev–Trinajstić information content (AvgIpc) is 2.62. The lowest BCUT2D eigenvalue weighted by atomic mass is 10.1. The first-order valence-electron chi connectivity index (χ1n) is 7.73. The highest BCUT2D eigenvalue weighted by atomic mass is 35.5. The van der Waals surface area contributed by atoms with Crippen molar-refractivity contribution >= 4 is 29.1 Å². The molecule has 0 saturated carbocycles. The van der Waals surface area contributed by atoms with E-state index in [1.165, 1.54) is 0 Å². The monoisotopic (exact) mass is 360 g/mol. The number of amides is 2. The van der Waals surface area contributed by atoms with Crippen molar-refractivity contribution in [3.63, 3.8) is 0 Å². The lowest BCUT2D eigenvalue weighted by molar-refractivity contribution is -0.118. The largest absolute Gasteiger partial charge is 0.492 e. The lowest BCUT2D eigenvalue weighted by Crippen LogP contribution is -2.31. The Morgan fingerprint density at radius 3 is 2.80 bits per heavy atom. The number of ether oxygens (including phenoxy) is 2. The fourth-order valence-corrected chi connectivity index (χ4v) is 2.50. The Hall–Kier alpha value is -2.73. The van der Waals surface area contributed by atoms with Crippen LogP contribution in [0.2, 0.25) is 5.02 Å². The Morgan fingerprint density at radius 1 is 1.28 bits per heavy atom. The highest BCUT2D eigenvalue weighted by Gasteiger charge is 2.19. The van der Waals surface area contributed by atoms with Gasteiger partial charge in [-0.25, -0.2) is 0 Å². The summed E-state index contributed by atoms with van der Waals surface area (Å²) in [6, 6.07) is 12.0. The topological polar surface area (TPSA) is 67.9 Å². The smallest absolute Gasteiger partial charge is 0.262 e. The van der Waals surface area contributed by atoms with E-state index in [9.17, 15) is 9.59 Å². The van der Waals surface area contributed by atoms with Crippen LogP contribution in [0.25, 0.3) is 0 Å². The molecule has 0 fully saturated rings. The summed E-state index contributed by atoms with van der Waals surface area (Å²) >= 11 is 5.82. The predicted molar refractivity (Wildman–Crippen MR) is 94.5 cm³/mol. The molecule has 0 aromatic heterocycles. The van der Waals surface area contributed by atoms with E-state index in [-0.39, 0.29) is 18.4 Å². The molecule has 0 saturated heterocycles. The third kappa shape index (κ3) is 4.22. The van der Waals surface area contributed by atoms with Crippen LogP contribution in [-0.4, -0.2) is 43.5 Å². The van der Waals surface area contributed by atoms with Crippen molar-refractivity contribution in [2.45, 2.75) is 0 Å². The van der Waals surface area contributed by atoms with Gasteiger partial charge in [0.2, 0.25) is 0 Å². The molecule has 1 N–H and O–H groups in total. The number of hydrogen-bond acceptors (Lipinski definition) is 4. The number of rotatable bonds is 5. The fourth-order valence-electron chi connectivity index (χ4n) is 2.37. The number of fused-ring (bicyclic) bond motifs is 1. The van der Waals surface area contributed by atoms with E-state index < -0.39 is 0 Å². The van der Waals surface area contributed by atoms with Gasteiger partial charge in [0.1, 0.15) is 18.1 Å². The molecule has 3 rings (SSSR count). The van der Waals surface area contributed by atoms with Gasteiger partial charge in [-0.3, -0.25) is 9.59 Å². The first-order valence-corrected chi connectivity index (χ1v) is 8.11. The number of carbonyl (C=O) groups is 2. The van der Waals surface area contributed by atoms with Crippen LogP contribution in [0.15, 0.2) is 42.5 Å². The number of benzene rings is 2. The minimum Gasteiger partial charge on any atom is -0.492 e.